The second kappa shape index (κ2) is 9.08. The molecule has 0 heterocycles. The zero-order valence-electron chi connectivity index (χ0n) is 15.2. The lowest BCUT2D eigenvalue weighted by Gasteiger charge is -2.17. The maximum Gasteiger partial charge on any atom is 0.297 e. The van der Waals surface area contributed by atoms with Crippen molar-refractivity contribution in [2.24, 2.45) is 0 Å². The molecule has 0 bridgehead atoms. The van der Waals surface area contributed by atoms with E-state index in [2.05, 4.69) is 0 Å². The molecule has 6 nitrogen and oxygen atoms in total. The second-order valence-electron chi connectivity index (χ2n) is 6.21. The molecule has 2 aromatic rings. The Bertz CT molecular complexity index is 904. The van der Waals surface area contributed by atoms with Gasteiger partial charge in [-0.3, -0.25) is 8.37 Å². The van der Waals surface area contributed by atoms with E-state index in [9.17, 15) is 25.6 Å². The summed E-state index contributed by atoms with van der Waals surface area (Å²) in [6, 6.07) is 8.43. The molecule has 0 radical (unpaired) electrons. The molecule has 0 aliphatic carbocycles. The standard InChI is InChI=1S/C18H20F2O6S2/c1-13(25-27(21,22)17-9-5-15(19)6-10-17)3-4-14(2)26-28(23,24)18-11-7-16(20)8-12-18/h5-14H,3-4H2,1-2H3/t13-,14-/m1/s1. The van der Waals surface area contributed by atoms with Crippen LogP contribution in [0.5, 0.6) is 0 Å². The summed E-state index contributed by atoms with van der Waals surface area (Å²) in [6.45, 7) is 3.03. The summed E-state index contributed by atoms with van der Waals surface area (Å²) in [4.78, 5) is -0.354. The van der Waals surface area contributed by atoms with Gasteiger partial charge >= 0.3 is 0 Å². The van der Waals surface area contributed by atoms with Crippen molar-refractivity contribution in [2.45, 2.75) is 48.7 Å². The molecule has 2 aromatic carbocycles. The quantitative estimate of drug-likeness (QED) is 0.560. The summed E-state index contributed by atoms with van der Waals surface area (Å²) in [6.07, 6.45) is -1.12. The molecule has 2 rings (SSSR count). The summed E-state index contributed by atoms with van der Waals surface area (Å²) in [5.41, 5.74) is 0. The fourth-order valence-corrected chi connectivity index (χ4v) is 4.53. The van der Waals surface area contributed by atoms with Crippen molar-refractivity contribution >= 4 is 20.2 Å². The maximum atomic E-state index is 12.9. The number of benzene rings is 2. The van der Waals surface area contributed by atoms with Crippen molar-refractivity contribution in [1.82, 2.24) is 0 Å². The molecule has 10 heteroatoms. The van der Waals surface area contributed by atoms with Crippen LogP contribution in [0.2, 0.25) is 0 Å². The Balaban J connectivity index is 1.90. The van der Waals surface area contributed by atoms with Crippen LogP contribution in [0.1, 0.15) is 26.7 Å². The van der Waals surface area contributed by atoms with Crippen molar-refractivity contribution in [3.8, 4) is 0 Å². The van der Waals surface area contributed by atoms with Gasteiger partial charge in [0.2, 0.25) is 0 Å². The molecule has 0 saturated carbocycles. The van der Waals surface area contributed by atoms with Gasteiger partial charge in [-0.05, 0) is 75.2 Å². The van der Waals surface area contributed by atoms with Gasteiger partial charge in [0.15, 0.2) is 0 Å². The van der Waals surface area contributed by atoms with Crippen LogP contribution in [0, 0.1) is 11.6 Å². The van der Waals surface area contributed by atoms with Crippen LogP contribution < -0.4 is 0 Å². The van der Waals surface area contributed by atoms with Crippen LogP contribution in [0.3, 0.4) is 0 Å². The maximum absolute atomic E-state index is 12.9. The molecule has 0 saturated heterocycles. The Morgan fingerprint density at radius 3 is 1.25 bits per heavy atom. The van der Waals surface area contributed by atoms with E-state index in [0.29, 0.717) is 0 Å². The second-order valence-corrected chi connectivity index (χ2v) is 9.35. The third-order valence-corrected chi connectivity index (χ3v) is 6.63. The Hall–Kier alpha value is -1.88. The molecule has 0 amide bonds. The van der Waals surface area contributed by atoms with E-state index < -0.39 is 44.1 Å². The number of rotatable bonds is 9. The van der Waals surface area contributed by atoms with Crippen molar-refractivity contribution in [3.05, 3.63) is 60.2 Å². The fourth-order valence-electron chi connectivity index (χ4n) is 2.31. The zero-order valence-corrected chi connectivity index (χ0v) is 16.8. The molecule has 0 fully saturated rings. The van der Waals surface area contributed by atoms with Gasteiger partial charge in [0.25, 0.3) is 20.2 Å². The van der Waals surface area contributed by atoms with Crippen molar-refractivity contribution in [3.63, 3.8) is 0 Å². The van der Waals surface area contributed by atoms with Gasteiger partial charge in [0, 0.05) is 0 Å². The van der Waals surface area contributed by atoms with Crippen LogP contribution in [-0.4, -0.2) is 29.0 Å². The molecule has 28 heavy (non-hydrogen) atoms. The summed E-state index contributed by atoms with van der Waals surface area (Å²) < 4.78 is 84.5. The normalized spacial score (nSPS) is 14.6. The number of hydrogen-bond acceptors (Lipinski definition) is 6. The molecule has 0 aromatic heterocycles. The predicted octanol–water partition coefficient (Wildman–Crippen LogP) is 3.63. The Kier molecular flexibility index (Phi) is 7.27. The minimum atomic E-state index is -4.07. The van der Waals surface area contributed by atoms with Gasteiger partial charge in [-0.2, -0.15) is 16.8 Å². The highest BCUT2D eigenvalue weighted by Gasteiger charge is 2.22. The minimum Gasteiger partial charge on any atom is -0.263 e. The van der Waals surface area contributed by atoms with E-state index in [1.165, 1.54) is 13.8 Å². The van der Waals surface area contributed by atoms with Crippen LogP contribution in [0.4, 0.5) is 8.78 Å². The Morgan fingerprint density at radius 1 is 0.679 bits per heavy atom. The third-order valence-electron chi connectivity index (χ3n) is 3.77. The molecule has 2 atom stereocenters. The Labute approximate surface area is 163 Å². The number of halogens is 2. The van der Waals surface area contributed by atoms with Gasteiger partial charge < -0.3 is 0 Å². The van der Waals surface area contributed by atoms with Crippen LogP contribution in [-0.2, 0) is 28.6 Å². The molecular weight excluding hydrogens is 414 g/mol. The summed E-state index contributed by atoms with van der Waals surface area (Å²) in [5, 5.41) is 0. The summed E-state index contributed by atoms with van der Waals surface area (Å²) >= 11 is 0. The minimum absolute atomic E-state index is 0.177. The molecule has 0 unspecified atom stereocenters. The lowest BCUT2D eigenvalue weighted by Crippen LogP contribution is -2.20. The molecule has 154 valence electrons. The molecule has 0 aliphatic rings. The zero-order chi connectivity index (χ0) is 20.9. The van der Waals surface area contributed by atoms with E-state index in [1.54, 1.807) is 0 Å². The van der Waals surface area contributed by atoms with Crippen LogP contribution in [0.15, 0.2) is 58.3 Å². The van der Waals surface area contributed by atoms with Gasteiger partial charge in [0.1, 0.15) is 11.6 Å². The number of hydrogen-bond donors (Lipinski definition) is 0. The van der Waals surface area contributed by atoms with Crippen LogP contribution in [0.25, 0.3) is 0 Å². The summed E-state index contributed by atoms with van der Waals surface area (Å²) in [5.74, 6) is -1.14. The average molecular weight is 434 g/mol. The van der Waals surface area contributed by atoms with E-state index in [1.807, 2.05) is 0 Å². The van der Waals surface area contributed by atoms with Gasteiger partial charge in [-0.25, -0.2) is 8.78 Å². The van der Waals surface area contributed by atoms with Gasteiger partial charge in [0.05, 0.1) is 22.0 Å². The fraction of sp³-hybridized carbons (Fsp3) is 0.333. The Morgan fingerprint density at radius 2 is 0.964 bits per heavy atom. The van der Waals surface area contributed by atoms with E-state index in [0.717, 1.165) is 48.5 Å². The first kappa shape index (κ1) is 22.4. The largest absolute Gasteiger partial charge is 0.297 e. The SMILES string of the molecule is C[C@H](CC[C@@H](C)OS(=O)(=O)c1ccc(F)cc1)OS(=O)(=O)c1ccc(F)cc1. The lowest BCUT2D eigenvalue weighted by atomic mass is 10.1. The van der Waals surface area contributed by atoms with Crippen molar-refractivity contribution < 1.29 is 34.0 Å². The van der Waals surface area contributed by atoms with Gasteiger partial charge in [-0.15, -0.1) is 0 Å². The van der Waals surface area contributed by atoms with Crippen molar-refractivity contribution in [2.75, 3.05) is 0 Å². The average Bonchev–Trinajstić information content (AvgIpc) is 2.60. The van der Waals surface area contributed by atoms with E-state index in [4.69, 9.17) is 8.37 Å². The first-order chi connectivity index (χ1) is 13.0. The first-order valence-electron chi connectivity index (χ1n) is 8.37. The van der Waals surface area contributed by atoms with Crippen LogP contribution >= 0.6 is 0 Å². The highest BCUT2D eigenvalue weighted by molar-refractivity contribution is 7.87. The first-order valence-corrected chi connectivity index (χ1v) is 11.2. The molecule has 0 spiro atoms. The third kappa shape index (κ3) is 6.33. The molecule has 0 aliphatic heterocycles. The lowest BCUT2D eigenvalue weighted by molar-refractivity contribution is 0.168. The topological polar surface area (TPSA) is 86.7 Å². The smallest absolute Gasteiger partial charge is 0.263 e. The monoisotopic (exact) mass is 434 g/mol. The van der Waals surface area contributed by atoms with E-state index in [-0.39, 0.29) is 22.6 Å². The van der Waals surface area contributed by atoms with Crippen molar-refractivity contribution in [1.29, 1.82) is 0 Å². The summed E-state index contributed by atoms with van der Waals surface area (Å²) in [7, 11) is -8.14. The molecular formula is C18H20F2O6S2. The highest BCUT2D eigenvalue weighted by Crippen LogP contribution is 2.20. The van der Waals surface area contributed by atoms with Gasteiger partial charge in [-0.1, -0.05) is 0 Å². The van der Waals surface area contributed by atoms with E-state index >= 15 is 0 Å². The predicted molar refractivity (Wildman–Crippen MR) is 97.5 cm³/mol. The highest BCUT2D eigenvalue weighted by atomic mass is 32.2. The molecule has 0 N–H and O–H groups in total.